The van der Waals surface area contributed by atoms with Gasteiger partial charge in [-0.3, -0.25) is 9.59 Å². The van der Waals surface area contributed by atoms with Crippen molar-refractivity contribution in [2.75, 3.05) is 36.4 Å². The number of thioether (sulfide) groups is 1. The Hall–Kier alpha value is -3.65. The minimum atomic E-state index is -0.566. The molecule has 0 heterocycles. The first-order chi connectivity index (χ1) is 16.0. The van der Waals surface area contributed by atoms with E-state index in [-0.39, 0.29) is 11.8 Å². The number of ether oxygens (including phenoxy) is 2. The SMILES string of the molecule is COc1cc(N[C@@H](C)C(=O)Nc2ccccc2SC)c(OC)cc1NC(=O)c1ccccc1. The number of nitrogens with one attached hydrogen (secondary N) is 3. The van der Waals surface area contributed by atoms with E-state index in [0.717, 1.165) is 10.6 Å². The first kappa shape index (κ1) is 24.0. The summed E-state index contributed by atoms with van der Waals surface area (Å²) in [6.45, 7) is 1.76. The predicted octanol–water partition coefficient (Wildman–Crippen LogP) is 5.12. The maximum atomic E-state index is 12.8. The van der Waals surface area contributed by atoms with Crippen molar-refractivity contribution in [1.82, 2.24) is 0 Å². The predicted molar refractivity (Wildman–Crippen MR) is 134 cm³/mol. The molecule has 8 heteroatoms. The lowest BCUT2D eigenvalue weighted by Gasteiger charge is -2.20. The summed E-state index contributed by atoms with van der Waals surface area (Å²) in [5, 5.41) is 8.97. The van der Waals surface area contributed by atoms with E-state index in [4.69, 9.17) is 9.47 Å². The molecule has 0 bridgehead atoms. The van der Waals surface area contributed by atoms with Crippen molar-refractivity contribution in [3.63, 3.8) is 0 Å². The Bertz CT molecular complexity index is 1120. The Morgan fingerprint density at radius 3 is 2.09 bits per heavy atom. The van der Waals surface area contributed by atoms with Crippen LogP contribution in [0, 0.1) is 0 Å². The van der Waals surface area contributed by atoms with Crippen LogP contribution in [-0.4, -0.2) is 38.3 Å². The molecule has 0 aromatic heterocycles. The number of carbonyl (C=O) groups excluding carboxylic acids is 2. The first-order valence-electron chi connectivity index (χ1n) is 10.3. The summed E-state index contributed by atoms with van der Waals surface area (Å²) in [5.41, 5.74) is 2.30. The Labute approximate surface area is 197 Å². The summed E-state index contributed by atoms with van der Waals surface area (Å²) in [7, 11) is 3.04. The first-order valence-corrected chi connectivity index (χ1v) is 11.5. The summed E-state index contributed by atoms with van der Waals surface area (Å²) < 4.78 is 11.0. The number of anilines is 3. The number of carbonyl (C=O) groups is 2. The zero-order valence-corrected chi connectivity index (χ0v) is 19.8. The molecule has 3 aromatic rings. The smallest absolute Gasteiger partial charge is 0.255 e. The van der Waals surface area contributed by atoms with Crippen LogP contribution in [0.25, 0.3) is 0 Å². The quantitative estimate of drug-likeness (QED) is 0.380. The molecule has 0 aliphatic carbocycles. The third-order valence-electron chi connectivity index (χ3n) is 4.94. The molecule has 0 aliphatic heterocycles. The molecule has 1 atom stereocenters. The van der Waals surface area contributed by atoms with Gasteiger partial charge in [0.05, 0.1) is 31.3 Å². The lowest BCUT2D eigenvalue weighted by molar-refractivity contribution is -0.116. The van der Waals surface area contributed by atoms with Crippen LogP contribution >= 0.6 is 11.8 Å². The van der Waals surface area contributed by atoms with Crippen molar-refractivity contribution in [1.29, 1.82) is 0 Å². The van der Waals surface area contributed by atoms with E-state index < -0.39 is 6.04 Å². The number of amides is 2. The average Bonchev–Trinajstić information content (AvgIpc) is 2.85. The molecular formula is C25H27N3O4S. The highest BCUT2D eigenvalue weighted by Crippen LogP contribution is 2.37. The number of para-hydroxylation sites is 1. The Kier molecular flexibility index (Phi) is 8.21. The van der Waals surface area contributed by atoms with Crippen LogP contribution in [0.1, 0.15) is 17.3 Å². The van der Waals surface area contributed by atoms with E-state index in [1.807, 2.05) is 36.6 Å². The monoisotopic (exact) mass is 465 g/mol. The van der Waals surface area contributed by atoms with Crippen molar-refractivity contribution in [3.8, 4) is 11.5 Å². The minimum Gasteiger partial charge on any atom is -0.495 e. The van der Waals surface area contributed by atoms with Gasteiger partial charge in [0.25, 0.3) is 5.91 Å². The maximum absolute atomic E-state index is 12.8. The van der Waals surface area contributed by atoms with Gasteiger partial charge in [0.1, 0.15) is 17.5 Å². The third-order valence-corrected chi connectivity index (χ3v) is 5.73. The van der Waals surface area contributed by atoms with Crippen molar-refractivity contribution >= 4 is 40.6 Å². The summed E-state index contributed by atoms with van der Waals surface area (Å²) in [5.74, 6) is 0.432. The van der Waals surface area contributed by atoms with Gasteiger partial charge < -0.3 is 25.4 Å². The Morgan fingerprint density at radius 2 is 1.42 bits per heavy atom. The molecule has 3 aromatic carbocycles. The van der Waals surface area contributed by atoms with Gasteiger partial charge in [-0.05, 0) is 37.4 Å². The van der Waals surface area contributed by atoms with Crippen LogP contribution in [-0.2, 0) is 4.79 Å². The molecule has 0 spiro atoms. The molecule has 0 radical (unpaired) electrons. The van der Waals surface area contributed by atoms with Crippen LogP contribution in [0.5, 0.6) is 11.5 Å². The molecule has 0 saturated carbocycles. The van der Waals surface area contributed by atoms with Crippen LogP contribution < -0.4 is 25.4 Å². The molecular weight excluding hydrogens is 438 g/mol. The third kappa shape index (κ3) is 5.98. The second kappa shape index (κ2) is 11.3. The standard InChI is InChI=1S/C25H27N3O4S/c1-16(24(29)27-18-12-8-9-13-23(18)33-4)26-19-14-22(32-3)20(15-21(19)31-2)28-25(30)17-10-6-5-7-11-17/h5-16,26H,1-4H3,(H,27,29)(H,28,30)/t16-/m0/s1. The van der Waals surface area contributed by atoms with Gasteiger partial charge in [-0.15, -0.1) is 11.8 Å². The van der Waals surface area contributed by atoms with Crippen LogP contribution in [0.4, 0.5) is 17.1 Å². The van der Waals surface area contributed by atoms with Crippen molar-refractivity contribution in [2.24, 2.45) is 0 Å². The number of hydrogen-bond donors (Lipinski definition) is 3. The van der Waals surface area contributed by atoms with E-state index in [1.54, 1.807) is 55.1 Å². The topological polar surface area (TPSA) is 88.7 Å². The number of hydrogen-bond acceptors (Lipinski definition) is 6. The summed E-state index contributed by atoms with van der Waals surface area (Å²) in [6, 6.07) is 19.3. The van der Waals surface area contributed by atoms with Crippen LogP contribution in [0.2, 0.25) is 0 Å². The van der Waals surface area contributed by atoms with Crippen molar-refractivity contribution in [3.05, 3.63) is 72.3 Å². The van der Waals surface area contributed by atoms with E-state index in [9.17, 15) is 9.59 Å². The van der Waals surface area contributed by atoms with E-state index >= 15 is 0 Å². The number of rotatable bonds is 9. The molecule has 0 aliphatic rings. The zero-order chi connectivity index (χ0) is 23.8. The molecule has 0 saturated heterocycles. The van der Waals surface area contributed by atoms with Crippen LogP contribution in [0.15, 0.2) is 71.6 Å². The number of methoxy groups -OCH3 is 2. The lowest BCUT2D eigenvalue weighted by Crippen LogP contribution is -2.32. The average molecular weight is 466 g/mol. The van der Waals surface area contributed by atoms with Gasteiger partial charge in [-0.2, -0.15) is 0 Å². The summed E-state index contributed by atoms with van der Waals surface area (Å²) in [6.07, 6.45) is 1.96. The minimum absolute atomic E-state index is 0.195. The van der Waals surface area contributed by atoms with Crippen LogP contribution in [0.3, 0.4) is 0 Å². The highest BCUT2D eigenvalue weighted by molar-refractivity contribution is 7.98. The molecule has 0 unspecified atom stereocenters. The van der Waals surface area contributed by atoms with Gasteiger partial charge in [-0.1, -0.05) is 30.3 Å². The second-order valence-electron chi connectivity index (χ2n) is 7.13. The van der Waals surface area contributed by atoms with Crippen molar-refractivity contribution < 1.29 is 19.1 Å². The van der Waals surface area contributed by atoms with Gasteiger partial charge >= 0.3 is 0 Å². The highest BCUT2D eigenvalue weighted by atomic mass is 32.2. The van der Waals surface area contributed by atoms with Crippen molar-refractivity contribution in [2.45, 2.75) is 17.9 Å². The zero-order valence-electron chi connectivity index (χ0n) is 19.0. The van der Waals surface area contributed by atoms with E-state index in [1.165, 1.54) is 14.2 Å². The fourth-order valence-electron chi connectivity index (χ4n) is 3.18. The molecule has 3 rings (SSSR count). The van der Waals surface area contributed by atoms with E-state index in [2.05, 4.69) is 16.0 Å². The molecule has 33 heavy (non-hydrogen) atoms. The largest absolute Gasteiger partial charge is 0.495 e. The molecule has 172 valence electrons. The van der Waals surface area contributed by atoms with Gasteiger partial charge in [0.2, 0.25) is 5.91 Å². The second-order valence-corrected chi connectivity index (χ2v) is 7.98. The van der Waals surface area contributed by atoms with Gasteiger partial charge in [-0.25, -0.2) is 0 Å². The maximum Gasteiger partial charge on any atom is 0.255 e. The molecule has 2 amide bonds. The van der Waals surface area contributed by atoms with Gasteiger partial charge in [0, 0.05) is 22.6 Å². The fourth-order valence-corrected chi connectivity index (χ4v) is 3.73. The van der Waals surface area contributed by atoms with E-state index in [0.29, 0.717) is 28.4 Å². The molecule has 3 N–H and O–H groups in total. The molecule has 7 nitrogen and oxygen atoms in total. The normalized spacial score (nSPS) is 11.3. The molecule has 0 fully saturated rings. The number of benzene rings is 3. The summed E-state index contributed by atoms with van der Waals surface area (Å²) in [4.78, 5) is 26.4. The fraction of sp³-hybridized carbons (Fsp3) is 0.200. The van der Waals surface area contributed by atoms with Gasteiger partial charge in [0.15, 0.2) is 0 Å². The Morgan fingerprint density at radius 1 is 0.818 bits per heavy atom. The summed E-state index contributed by atoms with van der Waals surface area (Å²) >= 11 is 1.56. The Balaban J connectivity index is 1.78. The highest BCUT2D eigenvalue weighted by Gasteiger charge is 2.19. The lowest BCUT2D eigenvalue weighted by atomic mass is 10.1.